The first-order valence-electron chi connectivity index (χ1n) is 11.1. The predicted octanol–water partition coefficient (Wildman–Crippen LogP) is 3.32. The molecule has 0 unspecified atom stereocenters. The average Bonchev–Trinajstić information content (AvgIpc) is 3.21. The van der Waals surface area contributed by atoms with Gasteiger partial charge in [0.1, 0.15) is 17.3 Å². The van der Waals surface area contributed by atoms with Gasteiger partial charge in [-0.2, -0.15) is 0 Å². The second-order valence-electron chi connectivity index (χ2n) is 8.55. The summed E-state index contributed by atoms with van der Waals surface area (Å²) < 4.78 is 19.2. The van der Waals surface area contributed by atoms with Crippen molar-refractivity contribution in [3.8, 4) is 0 Å². The first-order chi connectivity index (χ1) is 16.1. The highest BCUT2D eigenvalue weighted by Gasteiger charge is 2.46. The first kappa shape index (κ1) is 25.2. The van der Waals surface area contributed by atoms with E-state index < -0.39 is 35.3 Å². The number of nitrogens with zero attached hydrogens (tertiary/aromatic N) is 2. The van der Waals surface area contributed by atoms with Crippen molar-refractivity contribution >= 4 is 23.4 Å². The first-order valence-corrected chi connectivity index (χ1v) is 11.1. The highest BCUT2D eigenvalue weighted by molar-refractivity contribution is 6.46. The summed E-state index contributed by atoms with van der Waals surface area (Å²) in [5.74, 6) is -3.13. The van der Waals surface area contributed by atoms with Crippen molar-refractivity contribution in [2.24, 2.45) is 0 Å². The van der Waals surface area contributed by atoms with Gasteiger partial charge in [0, 0.05) is 17.8 Å². The molecule has 3 rings (SSSR count). The number of hydrogen-bond donors (Lipinski definition) is 2. The van der Waals surface area contributed by atoms with E-state index in [1.165, 1.54) is 23.1 Å². The van der Waals surface area contributed by atoms with Crippen LogP contribution in [0.5, 0.6) is 0 Å². The number of ketones is 1. The number of nitrogens with one attached hydrogen (secondary N) is 1. The molecule has 2 N–H and O–H groups in total. The summed E-state index contributed by atoms with van der Waals surface area (Å²) in [7, 11) is 3.80. The highest BCUT2D eigenvalue weighted by atomic mass is 19.1. The number of carbonyl (C=O) groups is 3. The standard InChI is InChI=1S/C25H30FN3O5/c1-6-34-25(33)20-14(2)18(15(3)27-20)22(30)19-21(16-9-7-10-17(26)13-16)29(24(32)23(19)31)12-8-11-28(4)5/h7,9-10,13,21,27,30H,6,8,11-12H2,1-5H3/t21-/m1/s1. The number of H-pyrrole nitrogens is 1. The lowest BCUT2D eigenvalue weighted by Gasteiger charge is -2.26. The summed E-state index contributed by atoms with van der Waals surface area (Å²) in [6, 6.07) is 4.68. The lowest BCUT2D eigenvalue weighted by atomic mass is 9.94. The van der Waals surface area contributed by atoms with Crippen LogP contribution in [-0.4, -0.2) is 71.3 Å². The van der Waals surface area contributed by atoms with Gasteiger partial charge in [-0.3, -0.25) is 9.59 Å². The molecule has 9 heteroatoms. The molecule has 1 aliphatic rings. The van der Waals surface area contributed by atoms with Crippen LogP contribution in [0.15, 0.2) is 29.8 Å². The number of aliphatic hydroxyl groups is 1. The number of carbonyl (C=O) groups excluding carboxylic acids is 3. The molecule has 2 aromatic rings. The summed E-state index contributed by atoms with van der Waals surface area (Å²) in [5, 5.41) is 11.3. The number of hydrogen-bond acceptors (Lipinski definition) is 6. The largest absolute Gasteiger partial charge is 0.507 e. The third kappa shape index (κ3) is 4.75. The maximum absolute atomic E-state index is 14.1. The minimum atomic E-state index is -0.961. The number of aromatic amines is 1. The molecule has 0 aliphatic carbocycles. The number of rotatable bonds is 8. The van der Waals surface area contributed by atoms with E-state index in [1.807, 2.05) is 19.0 Å². The molecular weight excluding hydrogens is 441 g/mol. The molecular formula is C25H30FN3O5. The Bertz CT molecular complexity index is 1150. The van der Waals surface area contributed by atoms with E-state index in [4.69, 9.17) is 4.74 Å². The van der Waals surface area contributed by atoms with Gasteiger partial charge in [0.2, 0.25) is 0 Å². The summed E-state index contributed by atoms with van der Waals surface area (Å²) in [6.07, 6.45) is 0.584. The number of likely N-dealkylation sites (tertiary alicyclic amines) is 1. The number of ether oxygens (including phenoxy) is 1. The molecule has 1 fully saturated rings. The van der Waals surface area contributed by atoms with Crippen LogP contribution in [-0.2, 0) is 14.3 Å². The van der Waals surface area contributed by atoms with Gasteiger partial charge in [0.25, 0.3) is 11.7 Å². The smallest absolute Gasteiger partial charge is 0.355 e. The third-order valence-electron chi connectivity index (χ3n) is 5.86. The van der Waals surface area contributed by atoms with Gasteiger partial charge in [-0.25, -0.2) is 9.18 Å². The van der Waals surface area contributed by atoms with Crippen LogP contribution >= 0.6 is 0 Å². The average molecular weight is 472 g/mol. The number of amides is 1. The van der Waals surface area contributed by atoms with Crippen molar-refractivity contribution < 1.29 is 28.6 Å². The fourth-order valence-corrected chi connectivity index (χ4v) is 4.34. The van der Waals surface area contributed by atoms with Crippen LogP contribution in [0, 0.1) is 19.7 Å². The van der Waals surface area contributed by atoms with E-state index in [1.54, 1.807) is 26.8 Å². The molecule has 1 saturated heterocycles. The maximum Gasteiger partial charge on any atom is 0.355 e. The summed E-state index contributed by atoms with van der Waals surface area (Å²) >= 11 is 0. The minimum Gasteiger partial charge on any atom is -0.507 e. The number of aromatic nitrogens is 1. The van der Waals surface area contributed by atoms with Gasteiger partial charge in [-0.05, 0) is 71.1 Å². The van der Waals surface area contributed by atoms with Gasteiger partial charge in [0.15, 0.2) is 0 Å². The van der Waals surface area contributed by atoms with E-state index in [0.29, 0.717) is 29.8 Å². The van der Waals surface area contributed by atoms with Crippen molar-refractivity contribution in [2.45, 2.75) is 33.2 Å². The van der Waals surface area contributed by atoms with Crippen LogP contribution in [0.2, 0.25) is 0 Å². The maximum atomic E-state index is 14.1. The molecule has 0 bridgehead atoms. The molecule has 0 radical (unpaired) electrons. The summed E-state index contributed by atoms with van der Waals surface area (Å²) in [4.78, 5) is 44.7. The molecule has 8 nitrogen and oxygen atoms in total. The fraction of sp³-hybridized carbons (Fsp3) is 0.400. The number of esters is 1. The number of Topliss-reactive ketones (excluding diaryl/α,β-unsaturated/α-hetero) is 1. The molecule has 1 amide bonds. The van der Waals surface area contributed by atoms with E-state index >= 15 is 0 Å². The molecule has 2 heterocycles. The minimum absolute atomic E-state index is 0.138. The number of benzene rings is 1. The van der Waals surface area contributed by atoms with Crippen molar-refractivity contribution in [1.29, 1.82) is 0 Å². The predicted molar refractivity (Wildman–Crippen MR) is 125 cm³/mol. The SMILES string of the molecule is CCOC(=O)c1[nH]c(C)c(C(O)=C2C(=O)C(=O)N(CCCN(C)C)[C@@H]2c2cccc(F)c2)c1C. The van der Waals surface area contributed by atoms with E-state index in [0.717, 1.165) is 0 Å². The molecule has 182 valence electrons. The van der Waals surface area contributed by atoms with E-state index in [2.05, 4.69) is 4.98 Å². The van der Waals surface area contributed by atoms with Gasteiger partial charge in [-0.1, -0.05) is 12.1 Å². The number of aryl methyl sites for hydroxylation is 1. The van der Waals surface area contributed by atoms with Crippen LogP contribution in [0.25, 0.3) is 5.76 Å². The van der Waals surface area contributed by atoms with Gasteiger partial charge in [-0.15, -0.1) is 0 Å². The Morgan fingerprint density at radius 3 is 2.59 bits per heavy atom. The Hall–Kier alpha value is -3.46. The summed E-state index contributed by atoms with van der Waals surface area (Å²) in [5.41, 5.74) is 1.47. The van der Waals surface area contributed by atoms with Gasteiger partial charge < -0.3 is 24.6 Å². The van der Waals surface area contributed by atoms with Crippen molar-refractivity contribution in [2.75, 3.05) is 33.8 Å². The second-order valence-corrected chi connectivity index (χ2v) is 8.55. The number of halogens is 1. The third-order valence-corrected chi connectivity index (χ3v) is 5.86. The zero-order valence-corrected chi connectivity index (χ0v) is 20.1. The van der Waals surface area contributed by atoms with Crippen molar-refractivity contribution in [3.63, 3.8) is 0 Å². The van der Waals surface area contributed by atoms with Crippen LogP contribution < -0.4 is 0 Å². The monoisotopic (exact) mass is 471 g/mol. The lowest BCUT2D eigenvalue weighted by Crippen LogP contribution is -2.32. The van der Waals surface area contributed by atoms with Crippen molar-refractivity contribution in [3.05, 3.63) is 63.7 Å². The fourth-order valence-electron chi connectivity index (χ4n) is 4.34. The molecule has 1 atom stereocenters. The molecule has 1 aliphatic heterocycles. The molecule has 0 saturated carbocycles. The quantitative estimate of drug-likeness (QED) is 0.265. The Morgan fingerprint density at radius 2 is 1.97 bits per heavy atom. The molecule has 1 aromatic carbocycles. The van der Waals surface area contributed by atoms with Gasteiger partial charge in [0.05, 0.1) is 18.2 Å². The van der Waals surface area contributed by atoms with E-state index in [-0.39, 0.29) is 30.0 Å². The molecule has 1 aromatic heterocycles. The van der Waals surface area contributed by atoms with Crippen LogP contribution in [0.4, 0.5) is 4.39 Å². The van der Waals surface area contributed by atoms with Crippen molar-refractivity contribution in [1.82, 2.24) is 14.8 Å². The lowest BCUT2D eigenvalue weighted by molar-refractivity contribution is -0.139. The Morgan fingerprint density at radius 1 is 1.26 bits per heavy atom. The second kappa shape index (κ2) is 10.2. The van der Waals surface area contributed by atoms with Gasteiger partial charge >= 0.3 is 5.97 Å². The zero-order valence-electron chi connectivity index (χ0n) is 20.1. The van der Waals surface area contributed by atoms with E-state index in [9.17, 15) is 23.9 Å². The highest BCUT2D eigenvalue weighted by Crippen LogP contribution is 2.41. The Labute approximate surface area is 198 Å². The zero-order chi connectivity index (χ0) is 25.2. The topological polar surface area (TPSA) is 103 Å². The number of aliphatic hydroxyl groups excluding tert-OH is 1. The van der Waals surface area contributed by atoms with Crippen LogP contribution in [0.3, 0.4) is 0 Å². The summed E-state index contributed by atoms with van der Waals surface area (Å²) in [6.45, 7) is 6.05. The Kier molecular flexibility index (Phi) is 7.56. The normalized spacial score (nSPS) is 17.6. The van der Waals surface area contributed by atoms with Crippen LogP contribution in [0.1, 0.15) is 52.3 Å². The molecule has 34 heavy (non-hydrogen) atoms. The Balaban J connectivity index is 2.16. The molecule has 0 spiro atoms.